The summed E-state index contributed by atoms with van der Waals surface area (Å²) in [4.78, 5) is 16.6. The Morgan fingerprint density at radius 1 is 1.35 bits per heavy atom. The highest BCUT2D eigenvalue weighted by atomic mass is 32.1. The molecule has 2 N–H and O–H groups in total. The molecular formula is C19H19N3O3S. The van der Waals surface area contributed by atoms with Crippen molar-refractivity contribution in [3.8, 4) is 22.1 Å². The zero-order valence-corrected chi connectivity index (χ0v) is 15.4. The maximum absolute atomic E-state index is 12.2. The molecule has 1 aromatic carbocycles. The average Bonchev–Trinajstić information content (AvgIpc) is 3.34. The van der Waals surface area contributed by atoms with Gasteiger partial charge in [-0.2, -0.15) is 0 Å². The largest absolute Gasteiger partial charge is 0.454 e. The Bertz CT molecular complexity index is 977. The molecule has 3 heterocycles. The molecule has 0 aliphatic carbocycles. The number of benzene rings is 1. The van der Waals surface area contributed by atoms with E-state index in [4.69, 9.17) is 15.2 Å². The lowest BCUT2D eigenvalue weighted by Gasteiger charge is -2.12. The normalized spacial score (nSPS) is 12.5. The van der Waals surface area contributed by atoms with Crippen LogP contribution in [0.5, 0.6) is 11.5 Å². The first kappa shape index (κ1) is 16.7. The Morgan fingerprint density at radius 3 is 2.85 bits per heavy atom. The van der Waals surface area contributed by atoms with E-state index >= 15 is 0 Å². The molecular weight excluding hydrogens is 350 g/mol. The fraction of sp³-hybridized carbons (Fsp3) is 0.263. The standard InChI is InChI=1S/C19H19N3O3S/c1-3-13-17(19-21-6-7-26-19)16(18(20)23)11(2)22(13)9-12-4-5-14-15(8-12)25-10-24-14/h4-8H,3,9-10H2,1-2H3,(H2,20,23). The number of thiazole rings is 1. The summed E-state index contributed by atoms with van der Waals surface area (Å²) < 4.78 is 13.0. The molecule has 0 fully saturated rings. The van der Waals surface area contributed by atoms with Crippen LogP contribution in [0.25, 0.3) is 10.6 Å². The lowest BCUT2D eigenvalue weighted by Crippen LogP contribution is -2.13. The van der Waals surface area contributed by atoms with Crippen LogP contribution in [0.3, 0.4) is 0 Å². The van der Waals surface area contributed by atoms with Crippen molar-refractivity contribution in [2.24, 2.45) is 5.73 Å². The quantitative estimate of drug-likeness (QED) is 0.748. The molecule has 0 unspecified atom stereocenters. The van der Waals surface area contributed by atoms with Gasteiger partial charge in [0.25, 0.3) is 5.91 Å². The number of nitrogens with zero attached hydrogens (tertiary/aromatic N) is 2. The monoisotopic (exact) mass is 369 g/mol. The van der Waals surface area contributed by atoms with Gasteiger partial charge in [-0.25, -0.2) is 4.98 Å². The number of primary amides is 1. The summed E-state index contributed by atoms with van der Waals surface area (Å²) in [6.45, 7) is 4.88. The summed E-state index contributed by atoms with van der Waals surface area (Å²) in [5.41, 5.74) is 10.1. The molecule has 0 saturated heterocycles. The van der Waals surface area contributed by atoms with E-state index in [2.05, 4.69) is 16.5 Å². The van der Waals surface area contributed by atoms with Crippen LogP contribution in [0.2, 0.25) is 0 Å². The second kappa shape index (κ2) is 6.49. The third-order valence-electron chi connectivity index (χ3n) is 4.64. The number of aromatic nitrogens is 2. The van der Waals surface area contributed by atoms with Crippen molar-refractivity contribution in [1.82, 2.24) is 9.55 Å². The van der Waals surface area contributed by atoms with Gasteiger partial charge in [-0.3, -0.25) is 4.79 Å². The van der Waals surface area contributed by atoms with Crippen LogP contribution in [0.15, 0.2) is 29.8 Å². The van der Waals surface area contributed by atoms with Crippen LogP contribution < -0.4 is 15.2 Å². The molecule has 0 radical (unpaired) electrons. The van der Waals surface area contributed by atoms with Gasteiger partial charge in [-0.05, 0) is 31.0 Å². The Morgan fingerprint density at radius 2 is 2.15 bits per heavy atom. The fourth-order valence-electron chi connectivity index (χ4n) is 3.48. The van der Waals surface area contributed by atoms with Crippen molar-refractivity contribution in [2.45, 2.75) is 26.8 Å². The van der Waals surface area contributed by atoms with Crippen LogP contribution in [0.4, 0.5) is 0 Å². The Labute approximate surface area is 155 Å². The van der Waals surface area contributed by atoms with Gasteiger partial charge in [0.05, 0.1) is 5.56 Å². The lowest BCUT2D eigenvalue weighted by molar-refractivity contribution is 0.1000. The highest BCUT2D eigenvalue weighted by molar-refractivity contribution is 7.13. The molecule has 134 valence electrons. The van der Waals surface area contributed by atoms with Gasteiger partial charge in [0, 0.05) is 35.1 Å². The van der Waals surface area contributed by atoms with Crippen LogP contribution in [-0.4, -0.2) is 22.3 Å². The summed E-state index contributed by atoms with van der Waals surface area (Å²) >= 11 is 1.51. The number of carbonyl (C=O) groups is 1. The van der Waals surface area contributed by atoms with Gasteiger partial charge < -0.3 is 19.8 Å². The first-order chi connectivity index (χ1) is 12.6. The number of nitrogens with two attached hydrogens (primary N) is 1. The summed E-state index contributed by atoms with van der Waals surface area (Å²) in [5, 5.41) is 2.73. The van der Waals surface area contributed by atoms with Crippen molar-refractivity contribution < 1.29 is 14.3 Å². The predicted molar refractivity (Wildman–Crippen MR) is 99.8 cm³/mol. The average molecular weight is 369 g/mol. The van der Waals surface area contributed by atoms with Crippen LogP contribution in [0.1, 0.15) is 34.2 Å². The number of hydrogen-bond donors (Lipinski definition) is 1. The Hall–Kier alpha value is -2.80. The first-order valence-electron chi connectivity index (χ1n) is 8.40. The van der Waals surface area contributed by atoms with Crippen molar-refractivity contribution in [3.63, 3.8) is 0 Å². The molecule has 4 rings (SSSR count). The second-order valence-corrected chi connectivity index (χ2v) is 7.01. The van der Waals surface area contributed by atoms with Crippen molar-refractivity contribution >= 4 is 17.2 Å². The molecule has 6 nitrogen and oxygen atoms in total. The zero-order chi connectivity index (χ0) is 18.3. The van der Waals surface area contributed by atoms with Crippen LogP contribution in [0, 0.1) is 6.92 Å². The van der Waals surface area contributed by atoms with Gasteiger partial charge in [0.1, 0.15) is 5.01 Å². The first-order valence-corrected chi connectivity index (χ1v) is 9.28. The SMILES string of the molecule is CCc1c(-c2nccs2)c(C(N)=O)c(C)n1Cc1ccc2c(c1)OCO2. The third-order valence-corrected chi connectivity index (χ3v) is 5.43. The van der Waals surface area contributed by atoms with E-state index in [0.29, 0.717) is 12.1 Å². The Balaban J connectivity index is 1.83. The van der Waals surface area contributed by atoms with Gasteiger partial charge >= 0.3 is 0 Å². The predicted octanol–water partition coefficient (Wildman–Crippen LogP) is 3.36. The van der Waals surface area contributed by atoms with Crippen LogP contribution in [-0.2, 0) is 13.0 Å². The van der Waals surface area contributed by atoms with Crippen molar-refractivity contribution in [1.29, 1.82) is 0 Å². The minimum Gasteiger partial charge on any atom is -0.454 e. The molecule has 0 spiro atoms. The number of hydrogen-bond acceptors (Lipinski definition) is 5. The maximum Gasteiger partial charge on any atom is 0.251 e. The van der Waals surface area contributed by atoms with E-state index in [0.717, 1.165) is 45.4 Å². The summed E-state index contributed by atoms with van der Waals surface area (Å²) in [6, 6.07) is 5.91. The zero-order valence-electron chi connectivity index (χ0n) is 14.6. The summed E-state index contributed by atoms with van der Waals surface area (Å²) in [5.74, 6) is 1.09. The van der Waals surface area contributed by atoms with E-state index in [-0.39, 0.29) is 6.79 Å². The third kappa shape index (κ3) is 2.64. The minimum atomic E-state index is -0.424. The van der Waals surface area contributed by atoms with Crippen molar-refractivity contribution in [3.05, 3.63) is 52.3 Å². The molecule has 7 heteroatoms. The van der Waals surface area contributed by atoms with E-state index < -0.39 is 5.91 Å². The summed E-state index contributed by atoms with van der Waals surface area (Å²) in [6.07, 6.45) is 2.52. The number of rotatable bonds is 5. The van der Waals surface area contributed by atoms with Crippen LogP contribution >= 0.6 is 11.3 Å². The molecule has 0 saturated carbocycles. The van der Waals surface area contributed by atoms with E-state index in [1.165, 1.54) is 11.3 Å². The molecule has 3 aromatic rings. The summed E-state index contributed by atoms with van der Waals surface area (Å²) in [7, 11) is 0. The van der Waals surface area contributed by atoms with Crippen molar-refractivity contribution in [2.75, 3.05) is 6.79 Å². The molecule has 26 heavy (non-hydrogen) atoms. The minimum absolute atomic E-state index is 0.252. The van der Waals surface area contributed by atoms with Gasteiger partial charge in [0.15, 0.2) is 11.5 Å². The number of carbonyl (C=O) groups excluding carboxylic acids is 1. The lowest BCUT2D eigenvalue weighted by atomic mass is 10.1. The smallest absolute Gasteiger partial charge is 0.251 e. The van der Waals surface area contributed by atoms with E-state index in [1.54, 1.807) is 6.20 Å². The van der Waals surface area contributed by atoms with Gasteiger partial charge in [0.2, 0.25) is 6.79 Å². The highest BCUT2D eigenvalue weighted by Crippen LogP contribution is 2.36. The molecule has 0 bridgehead atoms. The fourth-order valence-corrected chi connectivity index (χ4v) is 4.19. The molecule has 0 atom stereocenters. The topological polar surface area (TPSA) is 79.4 Å². The number of amides is 1. The Kier molecular flexibility index (Phi) is 4.16. The van der Waals surface area contributed by atoms with Gasteiger partial charge in [-0.15, -0.1) is 11.3 Å². The molecule has 1 amide bonds. The highest BCUT2D eigenvalue weighted by Gasteiger charge is 2.25. The number of ether oxygens (including phenoxy) is 2. The van der Waals surface area contributed by atoms with E-state index in [1.807, 2.05) is 30.5 Å². The van der Waals surface area contributed by atoms with Gasteiger partial charge in [-0.1, -0.05) is 13.0 Å². The second-order valence-electron chi connectivity index (χ2n) is 6.11. The number of fused-ring (bicyclic) bond motifs is 1. The molecule has 1 aliphatic heterocycles. The maximum atomic E-state index is 12.2. The van der Waals surface area contributed by atoms with E-state index in [9.17, 15) is 4.79 Å². The molecule has 1 aliphatic rings. The molecule has 2 aromatic heterocycles.